The first-order valence-corrected chi connectivity index (χ1v) is 9.53. The molecule has 7 nitrogen and oxygen atoms in total. The summed E-state index contributed by atoms with van der Waals surface area (Å²) in [6.45, 7) is 6.38. The molecule has 0 radical (unpaired) electrons. The quantitative estimate of drug-likeness (QED) is 0.731. The van der Waals surface area contributed by atoms with Gasteiger partial charge < -0.3 is 0 Å². The van der Waals surface area contributed by atoms with Crippen molar-refractivity contribution in [2.75, 3.05) is 0 Å². The molecule has 0 aliphatic rings. The van der Waals surface area contributed by atoms with Crippen LogP contribution in [0.25, 0.3) is 5.69 Å². The van der Waals surface area contributed by atoms with E-state index >= 15 is 0 Å². The van der Waals surface area contributed by atoms with Gasteiger partial charge in [-0.1, -0.05) is 18.2 Å². The van der Waals surface area contributed by atoms with E-state index in [1.165, 1.54) is 0 Å². The van der Waals surface area contributed by atoms with Crippen molar-refractivity contribution in [3.8, 4) is 5.69 Å². The number of hydrogen-bond donors (Lipinski definition) is 1. The van der Waals surface area contributed by atoms with Crippen LogP contribution in [-0.2, 0) is 23.1 Å². The molecular formula is C17H21N5O2S. The summed E-state index contributed by atoms with van der Waals surface area (Å²) in [4.78, 5) is 0.222. The molecule has 1 N–H and O–H groups in total. The SMILES string of the molecule is CCn1cc(CNS(=O)(=O)c2c(C)nn(-c3ccccc3)c2C)cn1. The highest BCUT2D eigenvalue weighted by Gasteiger charge is 2.25. The normalized spacial score (nSPS) is 11.8. The van der Waals surface area contributed by atoms with Gasteiger partial charge in [0.2, 0.25) is 10.0 Å². The molecule has 0 saturated carbocycles. The summed E-state index contributed by atoms with van der Waals surface area (Å²) in [7, 11) is -3.67. The van der Waals surface area contributed by atoms with Crippen LogP contribution in [0.2, 0.25) is 0 Å². The number of hydrogen-bond acceptors (Lipinski definition) is 4. The largest absolute Gasteiger partial charge is 0.273 e. The van der Waals surface area contributed by atoms with Crippen molar-refractivity contribution in [3.63, 3.8) is 0 Å². The molecule has 0 aliphatic heterocycles. The number of nitrogens with zero attached hydrogens (tertiary/aromatic N) is 4. The van der Waals surface area contributed by atoms with Crippen LogP contribution in [-0.4, -0.2) is 28.0 Å². The van der Waals surface area contributed by atoms with E-state index in [1.807, 2.05) is 43.5 Å². The van der Waals surface area contributed by atoms with Crippen LogP contribution in [0.3, 0.4) is 0 Å². The van der Waals surface area contributed by atoms with Gasteiger partial charge in [0.1, 0.15) is 4.90 Å². The summed E-state index contributed by atoms with van der Waals surface area (Å²) >= 11 is 0. The number of para-hydroxylation sites is 1. The monoisotopic (exact) mass is 359 g/mol. The molecule has 0 amide bonds. The molecule has 1 aromatic carbocycles. The molecule has 0 bridgehead atoms. The highest BCUT2D eigenvalue weighted by Crippen LogP contribution is 2.22. The van der Waals surface area contributed by atoms with E-state index in [0.29, 0.717) is 11.4 Å². The number of aromatic nitrogens is 4. The van der Waals surface area contributed by atoms with Crippen LogP contribution in [0.5, 0.6) is 0 Å². The lowest BCUT2D eigenvalue weighted by Gasteiger charge is -2.07. The van der Waals surface area contributed by atoms with Crippen molar-refractivity contribution < 1.29 is 8.42 Å². The number of aryl methyl sites for hydroxylation is 2. The molecule has 0 aliphatic carbocycles. The van der Waals surface area contributed by atoms with Gasteiger partial charge in [-0.05, 0) is 32.9 Å². The van der Waals surface area contributed by atoms with Crippen molar-refractivity contribution in [2.45, 2.75) is 38.8 Å². The average Bonchev–Trinajstić information content (AvgIpc) is 3.18. The maximum absolute atomic E-state index is 12.8. The minimum absolute atomic E-state index is 0.192. The predicted octanol–water partition coefficient (Wildman–Crippen LogP) is 2.18. The Morgan fingerprint density at radius 2 is 1.88 bits per heavy atom. The first-order chi connectivity index (χ1) is 11.9. The summed E-state index contributed by atoms with van der Waals surface area (Å²) in [5.41, 5.74) is 2.70. The van der Waals surface area contributed by atoms with Crippen molar-refractivity contribution in [1.82, 2.24) is 24.3 Å². The van der Waals surface area contributed by atoms with E-state index in [0.717, 1.165) is 17.8 Å². The minimum Gasteiger partial charge on any atom is -0.273 e. The smallest absolute Gasteiger partial charge is 0.244 e. The number of rotatable bonds is 6. The van der Waals surface area contributed by atoms with Gasteiger partial charge in [-0.2, -0.15) is 10.2 Å². The number of sulfonamides is 1. The van der Waals surface area contributed by atoms with E-state index in [-0.39, 0.29) is 11.4 Å². The van der Waals surface area contributed by atoms with E-state index in [1.54, 1.807) is 29.4 Å². The minimum atomic E-state index is -3.67. The third kappa shape index (κ3) is 3.49. The lowest BCUT2D eigenvalue weighted by atomic mass is 10.3. The molecule has 0 atom stereocenters. The highest BCUT2D eigenvalue weighted by molar-refractivity contribution is 7.89. The molecule has 3 rings (SSSR count). The average molecular weight is 359 g/mol. The zero-order valence-corrected chi connectivity index (χ0v) is 15.3. The standard InChI is InChI=1S/C17H21N5O2S/c1-4-21-12-15(10-18-21)11-19-25(23,24)17-13(2)20-22(14(17)3)16-8-6-5-7-9-16/h5-10,12,19H,4,11H2,1-3H3. The Hall–Kier alpha value is -2.45. The topological polar surface area (TPSA) is 81.8 Å². The fourth-order valence-electron chi connectivity index (χ4n) is 2.76. The van der Waals surface area contributed by atoms with Gasteiger partial charge in [-0.3, -0.25) is 4.68 Å². The molecule has 0 saturated heterocycles. The summed E-state index contributed by atoms with van der Waals surface area (Å²) in [6, 6.07) is 9.48. The van der Waals surface area contributed by atoms with Gasteiger partial charge in [0.05, 0.1) is 23.3 Å². The van der Waals surface area contributed by atoms with Crippen LogP contribution in [0.15, 0.2) is 47.6 Å². The van der Waals surface area contributed by atoms with Gasteiger partial charge in [0.25, 0.3) is 0 Å². The molecule has 2 heterocycles. The Kier molecular flexibility index (Phi) is 4.73. The van der Waals surface area contributed by atoms with Gasteiger partial charge in [-0.25, -0.2) is 17.8 Å². The van der Waals surface area contributed by atoms with Crippen LogP contribution in [0.4, 0.5) is 0 Å². The Morgan fingerprint density at radius 3 is 2.52 bits per heavy atom. The molecule has 25 heavy (non-hydrogen) atoms. The van der Waals surface area contributed by atoms with Crippen LogP contribution >= 0.6 is 0 Å². The van der Waals surface area contributed by atoms with Crippen LogP contribution < -0.4 is 4.72 Å². The fraction of sp³-hybridized carbons (Fsp3) is 0.294. The lowest BCUT2D eigenvalue weighted by molar-refractivity contribution is 0.580. The lowest BCUT2D eigenvalue weighted by Crippen LogP contribution is -2.24. The summed E-state index contributed by atoms with van der Waals surface area (Å²) in [5, 5.41) is 8.55. The van der Waals surface area contributed by atoms with Crippen molar-refractivity contribution in [2.24, 2.45) is 0 Å². The zero-order valence-electron chi connectivity index (χ0n) is 14.5. The molecule has 8 heteroatoms. The molecule has 0 fully saturated rings. The summed E-state index contributed by atoms with van der Waals surface area (Å²) in [6.07, 6.45) is 3.49. The maximum Gasteiger partial charge on any atom is 0.244 e. The van der Waals surface area contributed by atoms with Crippen LogP contribution in [0, 0.1) is 13.8 Å². The maximum atomic E-state index is 12.8. The van der Waals surface area contributed by atoms with E-state index in [4.69, 9.17) is 0 Å². The first-order valence-electron chi connectivity index (χ1n) is 8.05. The highest BCUT2D eigenvalue weighted by atomic mass is 32.2. The van der Waals surface area contributed by atoms with Crippen molar-refractivity contribution in [1.29, 1.82) is 0 Å². The Morgan fingerprint density at radius 1 is 1.16 bits per heavy atom. The van der Waals surface area contributed by atoms with Gasteiger partial charge in [-0.15, -0.1) is 0 Å². The molecule has 2 aromatic heterocycles. The molecule has 3 aromatic rings. The van der Waals surface area contributed by atoms with Gasteiger partial charge in [0, 0.05) is 24.8 Å². The van der Waals surface area contributed by atoms with Crippen LogP contribution in [0.1, 0.15) is 23.9 Å². The van der Waals surface area contributed by atoms with Gasteiger partial charge >= 0.3 is 0 Å². The van der Waals surface area contributed by atoms with Crippen molar-refractivity contribution in [3.05, 3.63) is 59.7 Å². The van der Waals surface area contributed by atoms with Gasteiger partial charge in [0.15, 0.2) is 0 Å². The molecule has 0 unspecified atom stereocenters. The van der Waals surface area contributed by atoms with E-state index in [2.05, 4.69) is 14.9 Å². The zero-order chi connectivity index (χ0) is 18.0. The number of nitrogens with one attached hydrogen (secondary N) is 1. The molecule has 0 spiro atoms. The second-order valence-electron chi connectivity index (χ2n) is 5.78. The Balaban J connectivity index is 1.88. The summed E-state index contributed by atoms with van der Waals surface area (Å²) in [5.74, 6) is 0. The van der Waals surface area contributed by atoms with Crippen molar-refractivity contribution >= 4 is 10.0 Å². The Bertz CT molecular complexity index is 974. The third-order valence-corrected chi connectivity index (χ3v) is 5.62. The third-order valence-electron chi connectivity index (χ3n) is 3.97. The fourth-order valence-corrected chi connectivity index (χ4v) is 4.17. The van der Waals surface area contributed by atoms with E-state index < -0.39 is 10.0 Å². The Labute approximate surface area is 147 Å². The van der Waals surface area contributed by atoms with E-state index in [9.17, 15) is 8.42 Å². The number of benzene rings is 1. The second kappa shape index (κ2) is 6.81. The first kappa shape index (κ1) is 17.4. The second-order valence-corrected chi connectivity index (χ2v) is 7.48. The predicted molar refractivity (Wildman–Crippen MR) is 95.0 cm³/mol. The summed E-state index contributed by atoms with van der Waals surface area (Å²) < 4.78 is 31.6. The molecular weight excluding hydrogens is 338 g/mol. The molecule has 132 valence electrons.